The van der Waals surface area contributed by atoms with E-state index in [0.717, 1.165) is 30.8 Å². The Morgan fingerprint density at radius 1 is 1.33 bits per heavy atom. The van der Waals surface area contributed by atoms with Crippen LogP contribution in [0.1, 0.15) is 29.7 Å². The van der Waals surface area contributed by atoms with E-state index in [1.807, 2.05) is 26.0 Å². The molecule has 1 aromatic rings. The lowest BCUT2D eigenvalue weighted by atomic mass is 9.92. The topological polar surface area (TPSA) is 36.1 Å². The summed E-state index contributed by atoms with van der Waals surface area (Å²) in [7, 11) is 0. The number of hydrazine groups is 1. The lowest BCUT2D eigenvalue weighted by molar-refractivity contribution is 0.446. The molecular weight excluding hydrogens is 229 g/mol. The SMILES string of the molecule is CCNCC1CNNC1c1cc(C)c(F)c(C)c1. The van der Waals surface area contributed by atoms with Crippen LogP contribution in [0.5, 0.6) is 0 Å². The number of hydrogen-bond donors (Lipinski definition) is 3. The van der Waals surface area contributed by atoms with Gasteiger partial charge in [-0.3, -0.25) is 5.43 Å². The Hall–Kier alpha value is -0.970. The minimum Gasteiger partial charge on any atom is -0.317 e. The predicted octanol–water partition coefficient (Wildman–Crippen LogP) is 1.82. The van der Waals surface area contributed by atoms with Crippen molar-refractivity contribution in [2.45, 2.75) is 26.8 Å². The first-order valence-electron chi connectivity index (χ1n) is 6.59. The van der Waals surface area contributed by atoms with E-state index < -0.39 is 0 Å². The molecule has 1 heterocycles. The lowest BCUT2D eigenvalue weighted by Gasteiger charge is -2.20. The molecule has 2 rings (SSSR count). The molecule has 0 amide bonds. The molecule has 0 saturated carbocycles. The van der Waals surface area contributed by atoms with Crippen LogP contribution < -0.4 is 16.2 Å². The second-order valence-corrected chi connectivity index (χ2v) is 5.04. The molecule has 1 aromatic carbocycles. The Kier molecular flexibility index (Phi) is 4.32. The highest BCUT2D eigenvalue weighted by Crippen LogP contribution is 2.27. The maximum Gasteiger partial charge on any atom is 0.129 e. The van der Waals surface area contributed by atoms with E-state index in [0.29, 0.717) is 5.92 Å². The highest BCUT2D eigenvalue weighted by atomic mass is 19.1. The molecule has 1 saturated heterocycles. The quantitative estimate of drug-likeness (QED) is 0.764. The predicted molar refractivity (Wildman–Crippen MR) is 71.8 cm³/mol. The first-order valence-corrected chi connectivity index (χ1v) is 6.59. The molecule has 0 radical (unpaired) electrons. The number of rotatable bonds is 4. The smallest absolute Gasteiger partial charge is 0.129 e. The van der Waals surface area contributed by atoms with E-state index in [1.165, 1.54) is 5.56 Å². The van der Waals surface area contributed by atoms with Gasteiger partial charge >= 0.3 is 0 Å². The largest absolute Gasteiger partial charge is 0.317 e. The van der Waals surface area contributed by atoms with Crippen molar-refractivity contribution in [3.8, 4) is 0 Å². The van der Waals surface area contributed by atoms with Crippen LogP contribution in [0.2, 0.25) is 0 Å². The summed E-state index contributed by atoms with van der Waals surface area (Å²) in [6, 6.07) is 4.15. The van der Waals surface area contributed by atoms with Gasteiger partial charge in [-0.15, -0.1) is 0 Å². The molecule has 3 nitrogen and oxygen atoms in total. The second-order valence-electron chi connectivity index (χ2n) is 5.04. The number of hydrogen-bond acceptors (Lipinski definition) is 3. The zero-order valence-electron chi connectivity index (χ0n) is 11.3. The van der Waals surface area contributed by atoms with Gasteiger partial charge < -0.3 is 5.32 Å². The zero-order chi connectivity index (χ0) is 13.1. The molecule has 0 bridgehead atoms. The highest BCUT2D eigenvalue weighted by molar-refractivity contribution is 5.33. The van der Waals surface area contributed by atoms with Gasteiger partial charge in [0.1, 0.15) is 5.82 Å². The maximum atomic E-state index is 13.6. The van der Waals surface area contributed by atoms with E-state index in [9.17, 15) is 4.39 Å². The average Bonchev–Trinajstić information content (AvgIpc) is 2.81. The fourth-order valence-electron chi connectivity index (χ4n) is 2.57. The fourth-order valence-corrected chi connectivity index (χ4v) is 2.57. The van der Waals surface area contributed by atoms with Crippen molar-refractivity contribution in [3.05, 3.63) is 34.6 Å². The molecule has 18 heavy (non-hydrogen) atoms. The number of halogens is 1. The summed E-state index contributed by atoms with van der Waals surface area (Å²) in [5, 5.41) is 3.38. The fraction of sp³-hybridized carbons (Fsp3) is 0.571. The summed E-state index contributed by atoms with van der Waals surface area (Å²) < 4.78 is 13.6. The Balaban J connectivity index is 2.19. The molecule has 100 valence electrons. The van der Waals surface area contributed by atoms with Crippen molar-refractivity contribution in [1.82, 2.24) is 16.2 Å². The Morgan fingerprint density at radius 2 is 2.00 bits per heavy atom. The second kappa shape index (κ2) is 5.78. The third-order valence-corrected chi connectivity index (χ3v) is 3.57. The average molecular weight is 251 g/mol. The van der Waals surface area contributed by atoms with Crippen LogP contribution in [0, 0.1) is 25.6 Å². The van der Waals surface area contributed by atoms with E-state index in [2.05, 4.69) is 23.1 Å². The van der Waals surface area contributed by atoms with E-state index in [4.69, 9.17) is 0 Å². The van der Waals surface area contributed by atoms with E-state index >= 15 is 0 Å². The number of aryl methyl sites for hydroxylation is 2. The Bertz CT molecular complexity index is 396. The molecule has 0 spiro atoms. The minimum atomic E-state index is -0.0899. The van der Waals surface area contributed by atoms with E-state index in [-0.39, 0.29) is 11.9 Å². The van der Waals surface area contributed by atoms with Crippen LogP contribution in [0.15, 0.2) is 12.1 Å². The first kappa shape index (κ1) is 13.5. The number of nitrogens with one attached hydrogen (secondary N) is 3. The van der Waals surface area contributed by atoms with Crippen LogP contribution >= 0.6 is 0 Å². The lowest BCUT2D eigenvalue weighted by Crippen LogP contribution is -2.28. The first-order chi connectivity index (χ1) is 8.63. The van der Waals surface area contributed by atoms with Gasteiger partial charge in [0.05, 0.1) is 6.04 Å². The molecule has 1 aliphatic heterocycles. The van der Waals surface area contributed by atoms with Crippen molar-refractivity contribution in [2.75, 3.05) is 19.6 Å². The molecule has 2 unspecified atom stereocenters. The molecule has 0 aliphatic carbocycles. The van der Waals surface area contributed by atoms with Crippen molar-refractivity contribution in [1.29, 1.82) is 0 Å². The molecule has 4 heteroatoms. The minimum absolute atomic E-state index is 0.0899. The molecule has 1 fully saturated rings. The van der Waals surface area contributed by atoms with Gasteiger partial charge in [-0.05, 0) is 37.1 Å². The van der Waals surface area contributed by atoms with Crippen LogP contribution in [0.3, 0.4) is 0 Å². The molecule has 3 N–H and O–H groups in total. The third-order valence-electron chi connectivity index (χ3n) is 3.57. The van der Waals surface area contributed by atoms with Crippen molar-refractivity contribution < 1.29 is 4.39 Å². The molecular formula is C14H22FN3. The van der Waals surface area contributed by atoms with Gasteiger partial charge in [0.25, 0.3) is 0 Å². The zero-order valence-corrected chi connectivity index (χ0v) is 11.3. The van der Waals surface area contributed by atoms with Gasteiger partial charge in [0.2, 0.25) is 0 Å². The standard InChI is InChI=1S/C14H22FN3/c1-4-16-7-12-8-17-18-14(12)11-5-9(2)13(15)10(3)6-11/h5-6,12,14,16-18H,4,7-8H2,1-3H3. The normalized spacial score (nSPS) is 23.6. The van der Waals surface area contributed by atoms with Crippen molar-refractivity contribution in [2.24, 2.45) is 5.92 Å². The van der Waals surface area contributed by atoms with Crippen LogP contribution in [-0.4, -0.2) is 19.6 Å². The maximum absolute atomic E-state index is 13.6. The molecule has 2 atom stereocenters. The summed E-state index contributed by atoms with van der Waals surface area (Å²) in [4.78, 5) is 0. The van der Waals surface area contributed by atoms with Crippen molar-refractivity contribution >= 4 is 0 Å². The van der Waals surface area contributed by atoms with Crippen LogP contribution in [0.25, 0.3) is 0 Å². The monoisotopic (exact) mass is 251 g/mol. The third kappa shape index (κ3) is 2.71. The summed E-state index contributed by atoms with van der Waals surface area (Å²) in [6.07, 6.45) is 0. The highest BCUT2D eigenvalue weighted by Gasteiger charge is 2.28. The van der Waals surface area contributed by atoms with Gasteiger partial charge in [0.15, 0.2) is 0 Å². The van der Waals surface area contributed by atoms with Crippen molar-refractivity contribution in [3.63, 3.8) is 0 Å². The summed E-state index contributed by atoms with van der Waals surface area (Å²) in [6.45, 7) is 8.65. The van der Waals surface area contributed by atoms with E-state index in [1.54, 1.807) is 0 Å². The van der Waals surface area contributed by atoms with Crippen LogP contribution in [-0.2, 0) is 0 Å². The molecule has 0 aromatic heterocycles. The van der Waals surface area contributed by atoms with Gasteiger partial charge in [-0.1, -0.05) is 19.1 Å². The van der Waals surface area contributed by atoms with Crippen LogP contribution in [0.4, 0.5) is 4.39 Å². The molecule has 1 aliphatic rings. The summed E-state index contributed by atoms with van der Waals surface area (Å²) in [5.41, 5.74) is 9.11. The Labute approximate surface area is 108 Å². The van der Waals surface area contributed by atoms with Gasteiger partial charge in [-0.25, -0.2) is 9.82 Å². The summed E-state index contributed by atoms with van der Waals surface area (Å²) >= 11 is 0. The van der Waals surface area contributed by atoms with Gasteiger partial charge in [-0.2, -0.15) is 0 Å². The summed E-state index contributed by atoms with van der Waals surface area (Å²) in [5.74, 6) is 0.405. The Morgan fingerprint density at radius 3 is 2.61 bits per heavy atom. The van der Waals surface area contributed by atoms with Gasteiger partial charge in [0, 0.05) is 19.0 Å². The number of benzene rings is 1.